The molecule has 0 radical (unpaired) electrons. The Bertz CT molecular complexity index is 611. The van der Waals surface area contributed by atoms with Crippen molar-refractivity contribution in [2.75, 3.05) is 11.9 Å². The number of aromatic nitrogens is 2. The standard InChI is InChI=1S/C15H19N3O2/c1-10(2)20-14(19)6-7-16-15-12-8-11(3)4-5-13(12)17-9-18-15/h4-5,8-10H,6-7H2,1-3H3,(H,16,17,18). The first-order valence-corrected chi connectivity index (χ1v) is 6.71. The first-order chi connectivity index (χ1) is 9.56. The monoisotopic (exact) mass is 273 g/mol. The van der Waals surface area contributed by atoms with Crippen LogP contribution in [0.15, 0.2) is 24.5 Å². The lowest BCUT2D eigenvalue weighted by atomic mass is 10.1. The molecule has 1 aromatic heterocycles. The zero-order chi connectivity index (χ0) is 14.5. The van der Waals surface area contributed by atoms with Gasteiger partial charge in [-0.3, -0.25) is 4.79 Å². The average Bonchev–Trinajstić information content (AvgIpc) is 2.38. The number of nitrogens with one attached hydrogen (secondary N) is 1. The minimum Gasteiger partial charge on any atom is -0.463 e. The molecule has 0 unspecified atom stereocenters. The summed E-state index contributed by atoms with van der Waals surface area (Å²) in [5, 5.41) is 4.13. The average molecular weight is 273 g/mol. The van der Waals surface area contributed by atoms with Crippen LogP contribution in [0.25, 0.3) is 10.9 Å². The zero-order valence-corrected chi connectivity index (χ0v) is 12.0. The number of nitrogens with zero attached hydrogens (tertiary/aromatic N) is 2. The van der Waals surface area contributed by atoms with Crippen LogP contribution in [0.1, 0.15) is 25.8 Å². The molecule has 0 amide bonds. The first kappa shape index (κ1) is 14.2. The Morgan fingerprint density at radius 3 is 2.90 bits per heavy atom. The van der Waals surface area contributed by atoms with Crippen molar-refractivity contribution < 1.29 is 9.53 Å². The molecule has 5 nitrogen and oxygen atoms in total. The second-order valence-corrected chi connectivity index (χ2v) is 4.96. The number of hydrogen-bond donors (Lipinski definition) is 1. The summed E-state index contributed by atoms with van der Waals surface area (Å²) in [5.41, 5.74) is 2.03. The summed E-state index contributed by atoms with van der Waals surface area (Å²) in [6.45, 7) is 6.19. The van der Waals surface area contributed by atoms with E-state index >= 15 is 0 Å². The van der Waals surface area contributed by atoms with E-state index in [-0.39, 0.29) is 12.1 Å². The fraction of sp³-hybridized carbons (Fsp3) is 0.400. The lowest BCUT2D eigenvalue weighted by Gasteiger charge is -2.10. The van der Waals surface area contributed by atoms with Crippen LogP contribution in [0, 0.1) is 6.92 Å². The van der Waals surface area contributed by atoms with E-state index in [2.05, 4.69) is 15.3 Å². The summed E-state index contributed by atoms with van der Waals surface area (Å²) in [7, 11) is 0. The van der Waals surface area contributed by atoms with Gasteiger partial charge < -0.3 is 10.1 Å². The van der Waals surface area contributed by atoms with Crippen molar-refractivity contribution in [1.82, 2.24) is 9.97 Å². The van der Waals surface area contributed by atoms with Gasteiger partial charge in [0, 0.05) is 11.9 Å². The molecular formula is C15H19N3O2. The summed E-state index contributed by atoms with van der Waals surface area (Å²) >= 11 is 0. The molecule has 5 heteroatoms. The third kappa shape index (κ3) is 3.66. The van der Waals surface area contributed by atoms with Gasteiger partial charge in [-0.1, -0.05) is 11.6 Å². The van der Waals surface area contributed by atoms with Crippen LogP contribution in [0.5, 0.6) is 0 Å². The number of carbonyl (C=O) groups excluding carboxylic acids is 1. The van der Waals surface area contributed by atoms with Gasteiger partial charge in [0.15, 0.2) is 0 Å². The highest BCUT2D eigenvalue weighted by molar-refractivity contribution is 5.89. The fourth-order valence-corrected chi connectivity index (χ4v) is 1.92. The Hall–Kier alpha value is -2.17. The van der Waals surface area contributed by atoms with E-state index in [1.165, 1.54) is 6.33 Å². The Morgan fingerprint density at radius 1 is 1.35 bits per heavy atom. The molecule has 1 N–H and O–H groups in total. The lowest BCUT2D eigenvalue weighted by Crippen LogP contribution is -2.15. The predicted octanol–water partition coefficient (Wildman–Crippen LogP) is 2.69. The lowest BCUT2D eigenvalue weighted by molar-refractivity contribution is -0.147. The third-order valence-corrected chi connectivity index (χ3v) is 2.78. The van der Waals surface area contributed by atoms with Crippen LogP contribution in [-0.2, 0) is 9.53 Å². The van der Waals surface area contributed by atoms with Gasteiger partial charge in [0.25, 0.3) is 0 Å². The van der Waals surface area contributed by atoms with Gasteiger partial charge in [-0.15, -0.1) is 0 Å². The number of esters is 1. The first-order valence-electron chi connectivity index (χ1n) is 6.71. The topological polar surface area (TPSA) is 64.1 Å². The van der Waals surface area contributed by atoms with Crippen LogP contribution < -0.4 is 5.32 Å². The van der Waals surface area contributed by atoms with Crippen molar-refractivity contribution in [3.05, 3.63) is 30.1 Å². The van der Waals surface area contributed by atoms with Crippen LogP contribution in [-0.4, -0.2) is 28.6 Å². The summed E-state index contributed by atoms with van der Waals surface area (Å²) in [4.78, 5) is 19.9. The van der Waals surface area contributed by atoms with E-state index in [0.717, 1.165) is 22.3 Å². The van der Waals surface area contributed by atoms with Gasteiger partial charge >= 0.3 is 5.97 Å². The zero-order valence-electron chi connectivity index (χ0n) is 12.0. The minimum absolute atomic E-state index is 0.0787. The fourth-order valence-electron chi connectivity index (χ4n) is 1.92. The molecule has 0 aliphatic rings. The molecule has 0 saturated carbocycles. The molecule has 1 aromatic carbocycles. The number of anilines is 1. The SMILES string of the molecule is Cc1ccc2ncnc(NCCC(=O)OC(C)C)c2c1. The molecule has 20 heavy (non-hydrogen) atoms. The Morgan fingerprint density at radius 2 is 2.15 bits per heavy atom. The highest BCUT2D eigenvalue weighted by Crippen LogP contribution is 2.20. The molecule has 0 saturated heterocycles. The quantitative estimate of drug-likeness (QED) is 0.848. The maximum absolute atomic E-state index is 11.5. The predicted molar refractivity (Wildman–Crippen MR) is 78.6 cm³/mol. The van der Waals surface area contributed by atoms with Crippen molar-refractivity contribution in [3.8, 4) is 0 Å². The molecular weight excluding hydrogens is 254 g/mol. The van der Waals surface area contributed by atoms with Crippen molar-refractivity contribution in [2.45, 2.75) is 33.3 Å². The van der Waals surface area contributed by atoms with Crippen LogP contribution in [0.3, 0.4) is 0 Å². The van der Waals surface area contributed by atoms with Crippen LogP contribution in [0.2, 0.25) is 0 Å². The van der Waals surface area contributed by atoms with Crippen molar-refractivity contribution in [2.24, 2.45) is 0 Å². The highest BCUT2D eigenvalue weighted by Gasteiger charge is 2.07. The van der Waals surface area contributed by atoms with Gasteiger partial charge in [-0.25, -0.2) is 9.97 Å². The molecule has 106 valence electrons. The molecule has 0 atom stereocenters. The number of carbonyl (C=O) groups is 1. The summed E-state index contributed by atoms with van der Waals surface area (Å²) in [6, 6.07) is 6.01. The molecule has 0 bridgehead atoms. The van der Waals surface area contributed by atoms with Crippen LogP contribution >= 0.6 is 0 Å². The summed E-state index contributed by atoms with van der Waals surface area (Å²) < 4.78 is 5.08. The normalized spacial score (nSPS) is 10.8. The minimum atomic E-state index is -0.206. The van der Waals surface area contributed by atoms with Gasteiger partial charge in [0.05, 0.1) is 18.0 Å². The summed E-state index contributed by atoms with van der Waals surface area (Å²) in [6.07, 6.45) is 1.76. The largest absolute Gasteiger partial charge is 0.463 e. The van der Waals surface area contributed by atoms with Gasteiger partial charge in [0.2, 0.25) is 0 Å². The maximum atomic E-state index is 11.5. The molecule has 1 heterocycles. The molecule has 0 aliphatic carbocycles. The van der Waals surface area contributed by atoms with Crippen LogP contribution in [0.4, 0.5) is 5.82 Å². The van der Waals surface area contributed by atoms with E-state index in [4.69, 9.17) is 4.74 Å². The Kier molecular flexibility index (Phi) is 4.50. The van der Waals surface area contributed by atoms with Crippen molar-refractivity contribution in [3.63, 3.8) is 0 Å². The highest BCUT2D eigenvalue weighted by atomic mass is 16.5. The van der Waals surface area contributed by atoms with Crippen molar-refractivity contribution in [1.29, 1.82) is 0 Å². The van der Waals surface area contributed by atoms with E-state index in [1.807, 2.05) is 39.0 Å². The number of fused-ring (bicyclic) bond motifs is 1. The number of hydrogen-bond acceptors (Lipinski definition) is 5. The van der Waals surface area contributed by atoms with E-state index < -0.39 is 0 Å². The number of benzene rings is 1. The second kappa shape index (κ2) is 6.32. The Labute approximate surface area is 118 Å². The van der Waals surface area contributed by atoms with E-state index in [1.54, 1.807) is 0 Å². The smallest absolute Gasteiger partial charge is 0.307 e. The number of rotatable bonds is 5. The summed E-state index contributed by atoms with van der Waals surface area (Å²) in [5.74, 6) is 0.540. The van der Waals surface area contributed by atoms with Crippen molar-refractivity contribution >= 4 is 22.7 Å². The molecule has 2 rings (SSSR count). The molecule has 0 spiro atoms. The van der Waals surface area contributed by atoms with E-state index in [9.17, 15) is 4.79 Å². The molecule has 2 aromatic rings. The number of ether oxygens (including phenoxy) is 1. The van der Waals surface area contributed by atoms with Gasteiger partial charge in [-0.2, -0.15) is 0 Å². The second-order valence-electron chi connectivity index (χ2n) is 4.96. The number of aryl methyl sites for hydroxylation is 1. The Balaban J connectivity index is 2.03. The maximum Gasteiger partial charge on any atom is 0.307 e. The third-order valence-electron chi connectivity index (χ3n) is 2.78. The van der Waals surface area contributed by atoms with Gasteiger partial charge in [0.1, 0.15) is 12.1 Å². The molecule has 0 aliphatic heterocycles. The molecule has 0 fully saturated rings. The van der Waals surface area contributed by atoms with E-state index in [0.29, 0.717) is 13.0 Å². The van der Waals surface area contributed by atoms with Gasteiger partial charge in [-0.05, 0) is 32.9 Å².